The van der Waals surface area contributed by atoms with Gasteiger partial charge in [-0.15, -0.1) is 0 Å². The van der Waals surface area contributed by atoms with Gasteiger partial charge in [-0.3, -0.25) is 0 Å². The van der Waals surface area contributed by atoms with E-state index in [1.165, 1.54) is 99.3 Å². The molecule has 0 aliphatic heterocycles. The minimum absolute atomic E-state index is 0.0980. The summed E-state index contributed by atoms with van der Waals surface area (Å²) in [6.45, 7) is 9.48. The van der Waals surface area contributed by atoms with Crippen LogP contribution in [0.3, 0.4) is 0 Å². The van der Waals surface area contributed by atoms with Gasteiger partial charge >= 0.3 is 0 Å². The van der Waals surface area contributed by atoms with E-state index in [1.54, 1.807) is 0 Å². The molecule has 11 rings (SSSR count). The highest BCUT2D eigenvalue weighted by Gasteiger charge is 2.40. The second-order valence-corrected chi connectivity index (χ2v) is 16.5. The molecule has 0 radical (unpaired) electrons. The van der Waals surface area contributed by atoms with Crippen LogP contribution in [-0.4, -0.2) is 0 Å². The zero-order valence-electron chi connectivity index (χ0n) is 31.7. The third-order valence-electron chi connectivity index (χ3n) is 12.9. The molecule has 2 aliphatic rings. The molecule has 0 aromatic heterocycles. The van der Waals surface area contributed by atoms with Crippen molar-refractivity contribution in [2.24, 2.45) is 0 Å². The predicted octanol–water partition coefficient (Wildman–Crippen LogP) is 14.9. The molecule has 0 amide bonds. The Kier molecular flexibility index (Phi) is 6.72. The summed E-state index contributed by atoms with van der Waals surface area (Å²) in [5.41, 5.74) is 16.6. The van der Waals surface area contributed by atoms with Crippen LogP contribution in [0.25, 0.3) is 65.7 Å². The van der Waals surface area contributed by atoms with Crippen molar-refractivity contribution >= 4 is 49.4 Å². The Bertz CT molecular complexity index is 2930. The molecule has 0 heterocycles. The third-order valence-corrected chi connectivity index (χ3v) is 12.9. The summed E-state index contributed by atoms with van der Waals surface area (Å²) < 4.78 is 0. The van der Waals surface area contributed by atoms with Crippen molar-refractivity contribution < 1.29 is 0 Å². The highest BCUT2D eigenvalue weighted by atomic mass is 15.1. The van der Waals surface area contributed by atoms with Crippen molar-refractivity contribution in [1.29, 1.82) is 0 Å². The molecule has 0 saturated carbocycles. The van der Waals surface area contributed by atoms with Crippen LogP contribution in [0.2, 0.25) is 0 Å². The van der Waals surface area contributed by atoms with Crippen LogP contribution in [0.1, 0.15) is 49.9 Å². The maximum absolute atomic E-state index is 2.54. The van der Waals surface area contributed by atoms with Crippen LogP contribution in [-0.2, 0) is 10.8 Å². The summed E-state index contributed by atoms with van der Waals surface area (Å²) in [5.74, 6) is 0. The zero-order valence-corrected chi connectivity index (χ0v) is 31.7. The van der Waals surface area contributed by atoms with Gasteiger partial charge in [-0.2, -0.15) is 0 Å². The zero-order chi connectivity index (χ0) is 37.1. The monoisotopic (exact) mass is 703 g/mol. The SMILES string of the molecule is CC1(C)c2ccccc2-c2c(N(c3ccc(-c4ccc5c(ccc6c7ccccc7ccc56)c4)cc3)c3cccc4c3-c3ccccc3C4(C)C)cccc21. The standard InChI is InChI=1S/C54H41N/c1-53(2)45-17-9-7-15-43(45)51-47(53)19-11-21-49(51)55(50-22-12-20-48-52(50)44-16-8-10-18-46(44)54(48,3)4)38-28-23-34(24-29-38)36-26-30-40-37(33-36)27-32-41-39-14-6-5-13-35(39)25-31-42(40)41/h5-33H,1-4H3. The Morgan fingerprint density at radius 2 is 0.818 bits per heavy atom. The topological polar surface area (TPSA) is 3.24 Å². The Labute approximate surface area is 323 Å². The Morgan fingerprint density at radius 1 is 0.345 bits per heavy atom. The van der Waals surface area contributed by atoms with Gasteiger partial charge in [0.15, 0.2) is 0 Å². The largest absolute Gasteiger partial charge is 0.309 e. The molecule has 0 saturated heterocycles. The second-order valence-electron chi connectivity index (χ2n) is 16.5. The Hall–Kier alpha value is -6.44. The van der Waals surface area contributed by atoms with Crippen molar-refractivity contribution in [3.8, 4) is 33.4 Å². The van der Waals surface area contributed by atoms with Gasteiger partial charge in [0.25, 0.3) is 0 Å². The fourth-order valence-corrected chi connectivity index (χ4v) is 10.1. The molecule has 0 bridgehead atoms. The van der Waals surface area contributed by atoms with E-state index >= 15 is 0 Å². The van der Waals surface area contributed by atoms with Gasteiger partial charge < -0.3 is 4.90 Å². The van der Waals surface area contributed by atoms with Gasteiger partial charge in [-0.25, -0.2) is 0 Å². The first-order valence-electron chi connectivity index (χ1n) is 19.5. The molecule has 0 spiro atoms. The highest BCUT2D eigenvalue weighted by molar-refractivity contribution is 6.17. The fourth-order valence-electron chi connectivity index (χ4n) is 10.1. The predicted molar refractivity (Wildman–Crippen MR) is 234 cm³/mol. The van der Waals surface area contributed by atoms with E-state index in [0.717, 1.165) is 5.69 Å². The highest BCUT2D eigenvalue weighted by Crippen LogP contribution is 2.58. The number of hydrogen-bond acceptors (Lipinski definition) is 1. The lowest BCUT2D eigenvalue weighted by Gasteiger charge is -2.31. The first-order chi connectivity index (χ1) is 26.8. The summed E-state index contributed by atoms with van der Waals surface area (Å²) >= 11 is 0. The molecule has 1 heteroatoms. The van der Waals surface area contributed by atoms with Gasteiger partial charge in [0.2, 0.25) is 0 Å². The van der Waals surface area contributed by atoms with Crippen molar-refractivity contribution in [2.75, 3.05) is 4.90 Å². The second kappa shape index (κ2) is 11.5. The minimum atomic E-state index is -0.0980. The van der Waals surface area contributed by atoms with Crippen LogP contribution in [0, 0.1) is 0 Å². The molecule has 0 atom stereocenters. The Balaban J connectivity index is 1.09. The van der Waals surface area contributed by atoms with E-state index in [9.17, 15) is 0 Å². The lowest BCUT2D eigenvalue weighted by Crippen LogP contribution is -2.17. The van der Waals surface area contributed by atoms with E-state index in [0.29, 0.717) is 0 Å². The minimum Gasteiger partial charge on any atom is -0.309 e. The summed E-state index contributed by atoms with van der Waals surface area (Å²) in [7, 11) is 0. The van der Waals surface area contributed by atoms with Gasteiger partial charge in [0, 0.05) is 27.6 Å². The maximum atomic E-state index is 2.54. The molecular weight excluding hydrogens is 663 g/mol. The number of hydrogen-bond donors (Lipinski definition) is 0. The van der Waals surface area contributed by atoms with Crippen molar-refractivity contribution in [2.45, 2.75) is 38.5 Å². The average Bonchev–Trinajstić information content (AvgIpc) is 3.61. The molecule has 9 aromatic rings. The first kappa shape index (κ1) is 32.0. The van der Waals surface area contributed by atoms with E-state index in [1.807, 2.05) is 0 Å². The summed E-state index contributed by atoms with van der Waals surface area (Å²) in [6.07, 6.45) is 0. The molecule has 55 heavy (non-hydrogen) atoms. The summed E-state index contributed by atoms with van der Waals surface area (Å²) in [5, 5.41) is 7.74. The van der Waals surface area contributed by atoms with Crippen molar-refractivity contribution in [3.05, 3.63) is 198 Å². The normalized spacial score (nSPS) is 14.5. The van der Waals surface area contributed by atoms with Crippen LogP contribution in [0.5, 0.6) is 0 Å². The molecule has 0 N–H and O–H groups in total. The molecule has 0 unspecified atom stereocenters. The van der Waals surface area contributed by atoms with Gasteiger partial charge in [0.05, 0.1) is 11.4 Å². The lowest BCUT2D eigenvalue weighted by atomic mass is 9.82. The number of rotatable bonds is 4. The number of nitrogens with zero attached hydrogens (tertiary/aromatic N) is 1. The first-order valence-corrected chi connectivity index (χ1v) is 19.5. The van der Waals surface area contributed by atoms with Crippen LogP contribution >= 0.6 is 0 Å². The summed E-state index contributed by atoms with van der Waals surface area (Å²) in [4.78, 5) is 2.54. The number of anilines is 3. The molecule has 1 nitrogen and oxygen atoms in total. The van der Waals surface area contributed by atoms with Gasteiger partial charge in [0.1, 0.15) is 0 Å². The Morgan fingerprint density at radius 3 is 1.44 bits per heavy atom. The van der Waals surface area contributed by atoms with E-state index in [2.05, 4.69) is 209 Å². The van der Waals surface area contributed by atoms with E-state index < -0.39 is 0 Å². The molecule has 2 aliphatic carbocycles. The summed E-state index contributed by atoms with van der Waals surface area (Å²) in [6, 6.07) is 65.8. The molecule has 9 aromatic carbocycles. The number of fused-ring (bicyclic) bond motifs is 11. The molecular formula is C54H41N. The smallest absolute Gasteiger partial charge is 0.0543 e. The van der Waals surface area contributed by atoms with E-state index in [4.69, 9.17) is 0 Å². The number of benzene rings is 9. The fraction of sp³-hybridized carbons (Fsp3) is 0.111. The van der Waals surface area contributed by atoms with E-state index in [-0.39, 0.29) is 10.8 Å². The van der Waals surface area contributed by atoms with Crippen LogP contribution in [0.15, 0.2) is 176 Å². The molecule has 262 valence electrons. The maximum Gasteiger partial charge on any atom is 0.0543 e. The van der Waals surface area contributed by atoms with Gasteiger partial charge in [-0.05, 0) is 107 Å². The van der Waals surface area contributed by atoms with Crippen molar-refractivity contribution in [3.63, 3.8) is 0 Å². The van der Waals surface area contributed by atoms with Crippen LogP contribution in [0.4, 0.5) is 17.1 Å². The molecule has 0 fully saturated rings. The van der Waals surface area contributed by atoms with Crippen molar-refractivity contribution in [1.82, 2.24) is 0 Å². The quantitative estimate of drug-likeness (QED) is 0.165. The van der Waals surface area contributed by atoms with Crippen LogP contribution < -0.4 is 4.90 Å². The average molecular weight is 704 g/mol. The third kappa shape index (κ3) is 4.53. The van der Waals surface area contributed by atoms with Gasteiger partial charge in [-0.1, -0.05) is 173 Å². The lowest BCUT2D eigenvalue weighted by molar-refractivity contribution is 0.660.